The fourth-order valence-corrected chi connectivity index (χ4v) is 6.58. The van der Waals surface area contributed by atoms with E-state index in [1.807, 2.05) is 63.2 Å². The van der Waals surface area contributed by atoms with Crippen LogP contribution in [0.4, 0.5) is 0 Å². The molecule has 218 valence electrons. The van der Waals surface area contributed by atoms with Gasteiger partial charge < -0.3 is 18.6 Å². The van der Waals surface area contributed by atoms with E-state index in [2.05, 4.69) is 20.9 Å². The number of allylic oxidation sites excluding steroid dienone is 1. The lowest BCUT2D eigenvalue weighted by molar-refractivity contribution is -0.139. The van der Waals surface area contributed by atoms with Crippen molar-refractivity contribution in [1.29, 1.82) is 0 Å². The van der Waals surface area contributed by atoms with Crippen molar-refractivity contribution in [2.75, 3.05) is 19.8 Å². The molecule has 0 amide bonds. The van der Waals surface area contributed by atoms with E-state index in [1.165, 1.54) is 11.3 Å². The smallest absolute Gasteiger partial charge is 0.338 e. The molecule has 0 bridgehead atoms. The molecule has 5 rings (SSSR count). The van der Waals surface area contributed by atoms with E-state index in [4.69, 9.17) is 18.6 Å². The Morgan fingerprint density at radius 3 is 2.50 bits per heavy atom. The van der Waals surface area contributed by atoms with Crippen molar-refractivity contribution in [3.05, 3.63) is 101 Å². The number of carbonyl (C=O) groups is 1. The number of aromatic nitrogens is 1. The van der Waals surface area contributed by atoms with E-state index in [9.17, 15) is 9.59 Å². The minimum absolute atomic E-state index is 0.193. The number of furan rings is 1. The Morgan fingerprint density at radius 2 is 1.79 bits per heavy atom. The van der Waals surface area contributed by atoms with E-state index in [0.29, 0.717) is 62.4 Å². The molecule has 0 unspecified atom stereocenters. The molecule has 8 nitrogen and oxygen atoms in total. The summed E-state index contributed by atoms with van der Waals surface area (Å²) in [7, 11) is 0. The van der Waals surface area contributed by atoms with Crippen molar-refractivity contribution in [3.8, 4) is 22.8 Å². The van der Waals surface area contributed by atoms with Crippen LogP contribution in [0.3, 0.4) is 0 Å². The lowest BCUT2D eigenvalue weighted by Gasteiger charge is -2.25. The molecule has 42 heavy (non-hydrogen) atoms. The number of benzene rings is 2. The average Bonchev–Trinajstić information content (AvgIpc) is 3.53. The topological polar surface area (TPSA) is 92.3 Å². The van der Waals surface area contributed by atoms with Crippen molar-refractivity contribution in [2.24, 2.45) is 4.99 Å². The number of esters is 1. The summed E-state index contributed by atoms with van der Waals surface area (Å²) in [6.45, 7) is 10.4. The second-order valence-corrected chi connectivity index (χ2v) is 11.4. The van der Waals surface area contributed by atoms with Crippen LogP contribution in [-0.2, 0) is 9.53 Å². The summed E-state index contributed by atoms with van der Waals surface area (Å²) in [6, 6.07) is 14.4. The van der Waals surface area contributed by atoms with Crippen molar-refractivity contribution in [1.82, 2.24) is 4.57 Å². The van der Waals surface area contributed by atoms with Gasteiger partial charge in [0.25, 0.3) is 5.56 Å². The Labute approximate surface area is 255 Å². The minimum Gasteiger partial charge on any atom is -0.490 e. The molecule has 0 saturated carbocycles. The van der Waals surface area contributed by atoms with E-state index in [0.717, 1.165) is 15.6 Å². The van der Waals surface area contributed by atoms with Gasteiger partial charge in [-0.05, 0) is 82.1 Å². The molecular weight excluding hydrogens is 620 g/mol. The maximum Gasteiger partial charge on any atom is 0.338 e. The largest absolute Gasteiger partial charge is 0.490 e. The molecular formula is C32H31BrN2O6S. The third-order valence-corrected chi connectivity index (χ3v) is 8.33. The maximum absolute atomic E-state index is 14.0. The van der Waals surface area contributed by atoms with Gasteiger partial charge >= 0.3 is 5.97 Å². The van der Waals surface area contributed by atoms with Gasteiger partial charge in [-0.15, -0.1) is 0 Å². The number of aryl methyl sites for hydroxylation is 1. The van der Waals surface area contributed by atoms with Crippen LogP contribution in [0.2, 0.25) is 0 Å². The molecule has 0 saturated heterocycles. The Kier molecular flexibility index (Phi) is 8.84. The van der Waals surface area contributed by atoms with Gasteiger partial charge in [-0.25, -0.2) is 9.79 Å². The van der Waals surface area contributed by atoms with Gasteiger partial charge in [-0.1, -0.05) is 39.4 Å². The second-order valence-electron chi connectivity index (χ2n) is 9.56. The van der Waals surface area contributed by atoms with Gasteiger partial charge in [0.2, 0.25) is 0 Å². The number of thiazole rings is 1. The second kappa shape index (κ2) is 12.5. The third-order valence-electron chi connectivity index (χ3n) is 6.69. The Morgan fingerprint density at radius 1 is 1.02 bits per heavy atom. The fraction of sp³-hybridized carbons (Fsp3) is 0.281. The summed E-state index contributed by atoms with van der Waals surface area (Å²) < 4.78 is 26.0. The highest BCUT2D eigenvalue weighted by atomic mass is 79.9. The van der Waals surface area contributed by atoms with Gasteiger partial charge in [0.1, 0.15) is 11.5 Å². The number of ether oxygens (including phenoxy) is 3. The quantitative estimate of drug-likeness (QED) is 0.209. The molecule has 10 heteroatoms. The minimum atomic E-state index is -0.770. The van der Waals surface area contributed by atoms with Crippen LogP contribution < -0.4 is 24.4 Å². The first kappa shape index (κ1) is 29.6. The number of carbonyl (C=O) groups excluding carboxylic acids is 1. The molecule has 3 heterocycles. The van der Waals surface area contributed by atoms with Crippen molar-refractivity contribution in [3.63, 3.8) is 0 Å². The molecule has 1 aliphatic heterocycles. The standard InChI is InChI=1S/C32H31BrN2O6S/c1-6-38-25-13-10-20(16-26(25)39-7-2)29-28(31(37)40-8-3)19(5)34-32-35(29)30(36)27(42-32)17-21-11-14-24(41-21)22-12-9-18(4)15-23(22)33/h9-17,29H,6-8H2,1-5H3/b27-17-/t29-/m1/s1. The molecule has 0 fully saturated rings. The summed E-state index contributed by atoms with van der Waals surface area (Å²) in [5, 5.41) is 0. The van der Waals surface area contributed by atoms with Crippen molar-refractivity contribution >= 4 is 39.3 Å². The van der Waals surface area contributed by atoms with Crippen LogP contribution in [-0.4, -0.2) is 30.4 Å². The highest BCUT2D eigenvalue weighted by Gasteiger charge is 2.34. The van der Waals surface area contributed by atoms with E-state index in [1.54, 1.807) is 30.6 Å². The number of halogens is 1. The van der Waals surface area contributed by atoms with Crippen molar-refractivity contribution in [2.45, 2.75) is 40.7 Å². The molecule has 0 N–H and O–H groups in total. The van der Waals surface area contributed by atoms with Gasteiger partial charge in [0, 0.05) is 16.1 Å². The van der Waals surface area contributed by atoms with Gasteiger partial charge in [0.15, 0.2) is 16.3 Å². The zero-order chi connectivity index (χ0) is 30.0. The molecule has 1 atom stereocenters. The highest BCUT2D eigenvalue weighted by molar-refractivity contribution is 9.10. The Bertz CT molecular complexity index is 1870. The summed E-state index contributed by atoms with van der Waals surface area (Å²) in [4.78, 5) is 32.4. The molecule has 1 aliphatic rings. The van der Waals surface area contributed by atoms with Crippen LogP contribution in [0.5, 0.6) is 11.5 Å². The highest BCUT2D eigenvalue weighted by Crippen LogP contribution is 2.36. The van der Waals surface area contributed by atoms with Crippen LogP contribution in [0.1, 0.15) is 50.6 Å². The van der Waals surface area contributed by atoms with E-state index in [-0.39, 0.29) is 12.2 Å². The Balaban J connectivity index is 1.65. The predicted octanol–water partition coefficient (Wildman–Crippen LogP) is 5.93. The number of hydrogen-bond acceptors (Lipinski definition) is 8. The molecule has 2 aromatic heterocycles. The summed E-state index contributed by atoms with van der Waals surface area (Å²) in [5.41, 5.74) is 3.22. The van der Waals surface area contributed by atoms with Crippen molar-refractivity contribution < 1.29 is 23.4 Å². The van der Waals surface area contributed by atoms with Gasteiger partial charge in [-0.3, -0.25) is 9.36 Å². The molecule has 0 spiro atoms. The molecule has 2 aromatic carbocycles. The zero-order valence-corrected chi connectivity index (χ0v) is 26.4. The first-order valence-electron chi connectivity index (χ1n) is 13.7. The predicted molar refractivity (Wildman–Crippen MR) is 166 cm³/mol. The summed E-state index contributed by atoms with van der Waals surface area (Å²) >= 11 is 4.85. The van der Waals surface area contributed by atoms with Gasteiger partial charge in [0.05, 0.1) is 41.7 Å². The lowest BCUT2D eigenvalue weighted by atomic mass is 9.95. The lowest BCUT2D eigenvalue weighted by Crippen LogP contribution is -2.40. The first-order valence-corrected chi connectivity index (χ1v) is 15.3. The van der Waals surface area contributed by atoms with Crippen LogP contribution in [0.25, 0.3) is 17.4 Å². The monoisotopic (exact) mass is 650 g/mol. The third kappa shape index (κ3) is 5.73. The number of fused-ring (bicyclic) bond motifs is 1. The van der Waals surface area contributed by atoms with Crippen LogP contribution in [0, 0.1) is 6.92 Å². The number of nitrogens with zero attached hydrogens (tertiary/aromatic N) is 2. The molecule has 4 aromatic rings. The van der Waals surface area contributed by atoms with Gasteiger partial charge in [-0.2, -0.15) is 0 Å². The van der Waals surface area contributed by atoms with Crippen LogP contribution >= 0.6 is 27.3 Å². The van der Waals surface area contributed by atoms with E-state index < -0.39 is 12.0 Å². The fourth-order valence-electron chi connectivity index (χ4n) is 4.87. The summed E-state index contributed by atoms with van der Waals surface area (Å²) in [5.74, 6) is 1.80. The number of hydrogen-bond donors (Lipinski definition) is 0. The average molecular weight is 652 g/mol. The molecule has 0 radical (unpaired) electrons. The first-order chi connectivity index (χ1) is 20.2. The zero-order valence-electron chi connectivity index (χ0n) is 24.0. The molecule has 0 aliphatic carbocycles. The van der Waals surface area contributed by atoms with Crippen LogP contribution in [0.15, 0.2) is 78.5 Å². The number of rotatable bonds is 9. The van der Waals surface area contributed by atoms with E-state index >= 15 is 0 Å². The summed E-state index contributed by atoms with van der Waals surface area (Å²) in [6.07, 6.45) is 1.71. The maximum atomic E-state index is 14.0. The SMILES string of the molecule is CCOC(=O)C1=C(C)N=c2s/c(=C\c3ccc(-c4ccc(C)cc4Br)o3)c(=O)n2[C@@H]1c1ccc(OCC)c(OCC)c1. The normalized spacial score (nSPS) is 14.9. The Hall–Kier alpha value is -3.89.